The number of esters is 1. The van der Waals surface area contributed by atoms with Crippen LogP contribution in [0.5, 0.6) is 0 Å². The molecule has 2 amide bonds. The number of rotatable bonds is 8. The highest BCUT2D eigenvalue weighted by molar-refractivity contribution is 5.94. The Morgan fingerprint density at radius 2 is 1.86 bits per heavy atom. The van der Waals surface area contributed by atoms with Gasteiger partial charge in [0.2, 0.25) is 0 Å². The Morgan fingerprint density at radius 1 is 1.18 bits per heavy atom. The third kappa shape index (κ3) is 6.64. The van der Waals surface area contributed by atoms with Gasteiger partial charge in [-0.1, -0.05) is 19.8 Å². The number of nitro benzene ring substituents is 1. The zero-order valence-corrected chi connectivity index (χ0v) is 15.8. The number of amides is 2. The van der Waals surface area contributed by atoms with E-state index in [0.29, 0.717) is 5.92 Å². The Labute approximate surface area is 163 Å². The van der Waals surface area contributed by atoms with Crippen LogP contribution in [0.1, 0.15) is 49.4 Å². The molecule has 1 saturated carbocycles. The number of hydrogen-bond donors (Lipinski definition) is 2. The molecule has 0 aromatic heterocycles. The number of nitrogens with one attached hydrogen (secondary N) is 2. The first-order valence-electron chi connectivity index (χ1n) is 9.34. The molecule has 152 valence electrons. The molecule has 0 radical (unpaired) electrons. The van der Waals surface area contributed by atoms with Crippen molar-refractivity contribution in [3.63, 3.8) is 0 Å². The van der Waals surface area contributed by atoms with Gasteiger partial charge in [-0.15, -0.1) is 0 Å². The minimum atomic E-state index is -0.587. The first-order chi connectivity index (χ1) is 13.4. The molecule has 28 heavy (non-hydrogen) atoms. The molecule has 9 heteroatoms. The first-order valence-corrected chi connectivity index (χ1v) is 9.34. The van der Waals surface area contributed by atoms with Crippen molar-refractivity contribution in [3.8, 4) is 0 Å². The molecule has 2 atom stereocenters. The smallest absolute Gasteiger partial charge is 0.308 e. The van der Waals surface area contributed by atoms with Gasteiger partial charge in [-0.3, -0.25) is 24.5 Å². The van der Waals surface area contributed by atoms with Gasteiger partial charge in [0.1, 0.15) is 0 Å². The van der Waals surface area contributed by atoms with Crippen molar-refractivity contribution in [3.05, 3.63) is 39.9 Å². The second kappa shape index (κ2) is 10.4. The monoisotopic (exact) mass is 391 g/mol. The fourth-order valence-electron chi connectivity index (χ4n) is 3.11. The average molecular weight is 391 g/mol. The Hall–Kier alpha value is -2.97. The summed E-state index contributed by atoms with van der Waals surface area (Å²) in [4.78, 5) is 45.6. The fourth-order valence-corrected chi connectivity index (χ4v) is 3.11. The lowest BCUT2D eigenvalue weighted by molar-refractivity contribution is -0.384. The van der Waals surface area contributed by atoms with E-state index in [9.17, 15) is 24.5 Å². The molecule has 1 aromatic rings. The summed E-state index contributed by atoms with van der Waals surface area (Å²) in [5.41, 5.74) is 0.140. The van der Waals surface area contributed by atoms with Gasteiger partial charge in [0, 0.05) is 30.3 Å². The number of non-ortho nitro benzene ring substituents is 1. The number of ether oxygens (including phenoxy) is 1. The molecule has 2 rings (SSSR count). The summed E-state index contributed by atoms with van der Waals surface area (Å²) in [5, 5.41) is 16.0. The van der Waals surface area contributed by atoms with Crippen LogP contribution in [-0.4, -0.2) is 41.9 Å². The van der Waals surface area contributed by atoms with E-state index in [0.717, 1.165) is 19.3 Å². The molecule has 0 bridgehead atoms. The van der Waals surface area contributed by atoms with Crippen LogP contribution >= 0.6 is 0 Å². The Morgan fingerprint density at radius 3 is 2.50 bits per heavy atom. The first kappa shape index (κ1) is 21.3. The third-order valence-electron chi connectivity index (χ3n) is 4.78. The standard InChI is InChI=1S/C19H25N3O6/c1-13-4-2-3-5-16(13)21-17(23)12-28-18(24)10-11-20-19(25)14-6-8-15(9-7-14)22(26)27/h6-9,13,16H,2-5,10-12H2,1H3,(H,20,25)(H,21,23)/t13-,16+/m0/s1. The molecule has 0 aliphatic heterocycles. The second-order valence-corrected chi connectivity index (χ2v) is 6.91. The van der Waals surface area contributed by atoms with Crippen molar-refractivity contribution >= 4 is 23.5 Å². The molecule has 0 heterocycles. The topological polar surface area (TPSA) is 128 Å². The summed E-state index contributed by atoms with van der Waals surface area (Å²) >= 11 is 0. The Balaban J connectivity index is 1.64. The zero-order chi connectivity index (χ0) is 20.5. The van der Waals surface area contributed by atoms with Gasteiger partial charge in [-0.25, -0.2) is 0 Å². The van der Waals surface area contributed by atoms with Crippen molar-refractivity contribution in [1.82, 2.24) is 10.6 Å². The van der Waals surface area contributed by atoms with Crippen LogP contribution in [0.15, 0.2) is 24.3 Å². The van der Waals surface area contributed by atoms with Crippen molar-refractivity contribution in [2.45, 2.75) is 45.1 Å². The summed E-state index contributed by atoms with van der Waals surface area (Å²) in [7, 11) is 0. The van der Waals surface area contributed by atoms with E-state index in [-0.39, 0.29) is 42.8 Å². The predicted octanol–water partition coefficient (Wildman–Crippen LogP) is 1.95. The molecule has 2 N–H and O–H groups in total. The molecule has 9 nitrogen and oxygen atoms in total. The van der Waals surface area contributed by atoms with Crippen LogP contribution in [0, 0.1) is 16.0 Å². The fraction of sp³-hybridized carbons (Fsp3) is 0.526. The van der Waals surface area contributed by atoms with Gasteiger partial charge in [-0.2, -0.15) is 0 Å². The van der Waals surface area contributed by atoms with Crippen molar-refractivity contribution in [2.24, 2.45) is 5.92 Å². The van der Waals surface area contributed by atoms with E-state index in [1.807, 2.05) is 0 Å². The molecule has 0 spiro atoms. The van der Waals surface area contributed by atoms with Gasteiger partial charge < -0.3 is 15.4 Å². The van der Waals surface area contributed by atoms with E-state index < -0.39 is 16.8 Å². The normalized spacial score (nSPS) is 18.8. The van der Waals surface area contributed by atoms with Crippen LogP contribution in [0.25, 0.3) is 0 Å². The zero-order valence-electron chi connectivity index (χ0n) is 15.8. The van der Waals surface area contributed by atoms with Gasteiger partial charge in [-0.05, 0) is 30.9 Å². The third-order valence-corrected chi connectivity index (χ3v) is 4.78. The van der Waals surface area contributed by atoms with Crippen LogP contribution in [0.3, 0.4) is 0 Å². The predicted molar refractivity (Wildman–Crippen MR) is 101 cm³/mol. The van der Waals surface area contributed by atoms with E-state index in [1.165, 1.54) is 30.7 Å². The molecule has 0 unspecified atom stereocenters. The summed E-state index contributed by atoms with van der Waals surface area (Å²) in [6.07, 6.45) is 4.21. The number of nitro groups is 1. The number of carbonyl (C=O) groups excluding carboxylic acids is 3. The highest BCUT2D eigenvalue weighted by Crippen LogP contribution is 2.23. The molecule has 1 aliphatic carbocycles. The second-order valence-electron chi connectivity index (χ2n) is 6.91. The lowest BCUT2D eigenvalue weighted by Gasteiger charge is -2.29. The van der Waals surface area contributed by atoms with Crippen molar-refractivity contribution in [1.29, 1.82) is 0 Å². The summed E-state index contributed by atoms with van der Waals surface area (Å²) < 4.78 is 4.93. The minimum absolute atomic E-state index is 0.0376. The molecular formula is C19H25N3O6. The molecule has 0 saturated heterocycles. The maximum atomic E-state index is 11.9. The van der Waals surface area contributed by atoms with Crippen molar-refractivity contribution < 1.29 is 24.0 Å². The number of hydrogen-bond acceptors (Lipinski definition) is 6. The molecular weight excluding hydrogens is 366 g/mol. The maximum absolute atomic E-state index is 11.9. The largest absolute Gasteiger partial charge is 0.456 e. The van der Waals surface area contributed by atoms with Gasteiger partial charge in [0.05, 0.1) is 11.3 Å². The lowest BCUT2D eigenvalue weighted by atomic mass is 9.86. The van der Waals surface area contributed by atoms with E-state index in [2.05, 4.69) is 17.6 Å². The number of nitrogens with zero attached hydrogens (tertiary/aromatic N) is 1. The summed E-state index contributed by atoms with van der Waals surface area (Å²) in [6.45, 7) is 1.80. The van der Waals surface area contributed by atoms with Gasteiger partial charge in [0.15, 0.2) is 6.61 Å². The molecule has 1 aromatic carbocycles. The SMILES string of the molecule is C[C@H]1CCCC[C@H]1NC(=O)COC(=O)CCNC(=O)c1ccc([N+](=O)[O-])cc1. The Bertz CT molecular complexity index is 719. The summed E-state index contributed by atoms with van der Waals surface area (Å²) in [5.74, 6) is -0.937. The number of benzene rings is 1. The highest BCUT2D eigenvalue weighted by atomic mass is 16.6. The lowest BCUT2D eigenvalue weighted by Crippen LogP contribution is -2.43. The van der Waals surface area contributed by atoms with Crippen molar-refractivity contribution in [2.75, 3.05) is 13.2 Å². The minimum Gasteiger partial charge on any atom is -0.456 e. The van der Waals surface area contributed by atoms with E-state index in [1.54, 1.807) is 0 Å². The van der Waals surface area contributed by atoms with E-state index >= 15 is 0 Å². The van der Waals surface area contributed by atoms with Crippen LogP contribution in [0.4, 0.5) is 5.69 Å². The Kier molecular flexibility index (Phi) is 7.91. The highest BCUT2D eigenvalue weighted by Gasteiger charge is 2.23. The van der Waals surface area contributed by atoms with Gasteiger partial charge >= 0.3 is 5.97 Å². The summed E-state index contributed by atoms with van der Waals surface area (Å²) in [6, 6.07) is 5.26. The van der Waals surface area contributed by atoms with Crippen LogP contribution in [0.2, 0.25) is 0 Å². The van der Waals surface area contributed by atoms with Crippen LogP contribution < -0.4 is 10.6 Å². The number of carbonyl (C=O) groups is 3. The maximum Gasteiger partial charge on any atom is 0.308 e. The van der Waals surface area contributed by atoms with Gasteiger partial charge in [0.25, 0.3) is 17.5 Å². The molecule has 1 aliphatic rings. The average Bonchev–Trinajstić information content (AvgIpc) is 2.68. The van der Waals surface area contributed by atoms with E-state index in [4.69, 9.17) is 4.74 Å². The van der Waals surface area contributed by atoms with Crippen LogP contribution in [-0.2, 0) is 14.3 Å². The molecule has 1 fully saturated rings. The quantitative estimate of drug-likeness (QED) is 0.396.